The van der Waals surface area contributed by atoms with Crippen molar-refractivity contribution in [3.63, 3.8) is 0 Å². The van der Waals surface area contributed by atoms with E-state index in [4.69, 9.17) is 9.15 Å². The summed E-state index contributed by atoms with van der Waals surface area (Å²) in [7, 11) is 0. The standard InChI is InChI=1S/C11H9NO4/c1-2-15-10(13)7-6-8-9(16-11(7)14)4-3-5-12-8/h3-6H,2H2,1H3. The van der Waals surface area contributed by atoms with E-state index in [2.05, 4.69) is 4.98 Å². The fourth-order valence-corrected chi connectivity index (χ4v) is 1.30. The van der Waals surface area contributed by atoms with Gasteiger partial charge in [0.2, 0.25) is 0 Å². The van der Waals surface area contributed by atoms with E-state index in [1.165, 1.54) is 6.07 Å². The molecule has 0 saturated heterocycles. The number of ether oxygens (including phenoxy) is 1. The minimum Gasteiger partial charge on any atom is -0.462 e. The number of hydrogen-bond acceptors (Lipinski definition) is 5. The summed E-state index contributed by atoms with van der Waals surface area (Å²) in [6.45, 7) is 1.87. The fraction of sp³-hybridized carbons (Fsp3) is 0.182. The maximum absolute atomic E-state index is 11.5. The number of fused-ring (bicyclic) bond motifs is 1. The van der Waals surface area contributed by atoms with Gasteiger partial charge < -0.3 is 9.15 Å². The number of carbonyl (C=O) groups is 1. The Balaban J connectivity index is 2.58. The number of nitrogens with zero attached hydrogens (tertiary/aromatic N) is 1. The van der Waals surface area contributed by atoms with Gasteiger partial charge in [-0.15, -0.1) is 0 Å². The molecule has 16 heavy (non-hydrogen) atoms. The lowest BCUT2D eigenvalue weighted by atomic mass is 10.2. The molecule has 5 heteroatoms. The molecule has 0 atom stereocenters. The van der Waals surface area contributed by atoms with E-state index < -0.39 is 11.6 Å². The van der Waals surface area contributed by atoms with Crippen LogP contribution in [0.15, 0.2) is 33.6 Å². The lowest BCUT2D eigenvalue weighted by Gasteiger charge is -2.00. The van der Waals surface area contributed by atoms with Crippen LogP contribution in [0.5, 0.6) is 0 Å². The van der Waals surface area contributed by atoms with E-state index >= 15 is 0 Å². The topological polar surface area (TPSA) is 69.4 Å². The Labute approximate surface area is 90.7 Å². The highest BCUT2D eigenvalue weighted by Gasteiger charge is 2.14. The monoisotopic (exact) mass is 219 g/mol. The Kier molecular flexibility index (Phi) is 2.68. The van der Waals surface area contributed by atoms with Crippen LogP contribution in [0, 0.1) is 0 Å². The molecule has 0 aliphatic heterocycles. The third kappa shape index (κ3) is 1.79. The van der Waals surface area contributed by atoms with Gasteiger partial charge >= 0.3 is 11.6 Å². The van der Waals surface area contributed by atoms with Crippen LogP contribution in [0.1, 0.15) is 17.3 Å². The first-order valence-corrected chi connectivity index (χ1v) is 4.78. The molecule has 0 N–H and O–H groups in total. The first-order valence-electron chi connectivity index (χ1n) is 4.78. The van der Waals surface area contributed by atoms with Crippen LogP contribution >= 0.6 is 0 Å². The molecule has 0 saturated carbocycles. The number of pyridine rings is 1. The Morgan fingerprint density at radius 3 is 3.12 bits per heavy atom. The van der Waals surface area contributed by atoms with Crippen molar-refractivity contribution in [3.05, 3.63) is 40.4 Å². The molecule has 2 heterocycles. The molecule has 0 spiro atoms. The van der Waals surface area contributed by atoms with Crippen molar-refractivity contribution in [3.8, 4) is 0 Å². The summed E-state index contributed by atoms with van der Waals surface area (Å²) in [5.74, 6) is -0.691. The van der Waals surface area contributed by atoms with Gasteiger partial charge in [-0.2, -0.15) is 0 Å². The number of esters is 1. The third-order valence-electron chi connectivity index (χ3n) is 2.00. The molecule has 0 bridgehead atoms. The quantitative estimate of drug-likeness (QED) is 0.713. The van der Waals surface area contributed by atoms with Crippen molar-refractivity contribution in [1.82, 2.24) is 4.98 Å². The van der Waals surface area contributed by atoms with Gasteiger partial charge in [-0.25, -0.2) is 9.59 Å². The third-order valence-corrected chi connectivity index (χ3v) is 2.00. The van der Waals surface area contributed by atoms with Crippen molar-refractivity contribution in [2.75, 3.05) is 6.61 Å². The smallest absolute Gasteiger partial charge is 0.351 e. The van der Waals surface area contributed by atoms with Gasteiger partial charge in [0.05, 0.1) is 6.61 Å². The fourth-order valence-electron chi connectivity index (χ4n) is 1.30. The van der Waals surface area contributed by atoms with E-state index in [1.807, 2.05) is 0 Å². The van der Waals surface area contributed by atoms with Crippen molar-refractivity contribution in [2.45, 2.75) is 6.92 Å². The molecule has 0 unspecified atom stereocenters. The summed E-state index contributed by atoms with van der Waals surface area (Å²) in [6.07, 6.45) is 1.55. The van der Waals surface area contributed by atoms with Gasteiger partial charge in [-0.3, -0.25) is 4.98 Å². The average Bonchev–Trinajstić information content (AvgIpc) is 2.28. The van der Waals surface area contributed by atoms with Gasteiger partial charge in [-0.1, -0.05) is 0 Å². The van der Waals surface area contributed by atoms with Gasteiger partial charge in [0.15, 0.2) is 5.58 Å². The minimum absolute atomic E-state index is 0.131. The van der Waals surface area contributed by atoms with E-state index in [0.29, 0.717) is 11.1 Å². The summed E-state index contributed by atoms with van der Waals surface area (Å²) in [4.78, 5) is 26.8. The minimum atomic E-state index is -0.709. The van der Waals surface area contributed by atoms with Gasteiger partial charge in [0.1, 0.15) is 11.1 Å². The molecule has 2 rings (SSSR count). The maximum Gasteiger partial charge on any atom is 0.351 e. The molecule has 0 aromatic carbocycles. The number of carbonyl (C=O) groups excluding carboxylic acids is 1. The highest BCUT2D eigenvalue weighted by atomic mass is 16.5. The average molecular weight is 219 g/mol. The largest absolute Gasteiger partial charge is 0.462 e. The molecule has 2 aromatic rings. The molecular weight excluding hydrogens is 210 g/mol. The SMILES string of the molecule is CCOC(=O)c1cc2ncccc2oc1=O. The Hall–Kier alpha value is -2.17. The Morgan fingerprint density at radius 2 is 2.38 bits per heavy atom. The van der Waals surface area contributed by atoms with Gasteiger partial charge in [-0.05, 0) is 25.1 Å². The van der Waals surface area contributed by atoms with Crippen molar-refractivity contribution in [1.29, 1.82) is 0 Å². The highest BCUT2D eigenvalue weighted by molar-refractivity contribution is 5.91. The van der Waals surface area contributed by atoms with E-state index in [0.717, 1.165) is 0 Å². The van der Waals surface area contributed by atoms with Crippen LogP contribution in [-0.4, -0.2) is 17.6 Å². The lowest BCUT2D eigenvalue weighted by molar-refractivity contribution is 0.0521. The van der Waals surface area contributed by atoms with E-state index in [-0.39, 0.29) is 12.2 Å². The van der Waals surface area contributed by atoms with Gasteiger partial charge in [0, 0.05) is 6.20 Å². The van der Waals surface area contributed by atoms with Crippen LogP contribution in [-0.2, 0) is 4.74 Å². The van der Waals surface area contributed by atoms with E-state index in [9.17, 15) is 9.59 Å². The summed E-state index contributed by atoms with van der Waals surface area (Å²) >= 11 is 0. The second-order valence-corrected chi connectivity index (χ2v) is 3.05. The number of hydrogen-bond donors (Lipinski definition) is 0. The predicted octanol–water partition coefficient (Wildman–Crippen LogP) is 1.36. The number of rotatable bonds is 2. The van der Waals surface area contributed by atoms with Crippen LogP contribution in [0.25, 0.3) is 11.1 Å². The van der Waals surface area contributed by atoms with Crippen molar-refractivity contribution >= 4 is 17.1 Å². The van der Waals surface area contributed by atoms with Crippen LogP contribution in [0.4, 0.5) is 0 Å². The second-order valence-electron chi connectivity index (χ2n) is 3.05. The molecule has 0 fully saturated rings. The molecule has 82 valence electrons. The Bertz CT molecular complexity index is 588. The molecule has 0 radical (unpaired) electrons. The maximum atomic E-state index is 11.5. The van der Waals surface area contributed by atoms with Crippen LogP contribution in [0.2, 0.25) is 0 Å². The summed E-state index contributed by atoms with van der Waals surface area (Å²) in [5.41, 5.74) is -0.0438. The lowest BCUT2D eigenvalue weighted by Crippen LogP contribution is -2.16. The zero-order valence-electron chi connectivity index (χ0n) is 8.60. The summed E-state index contributed by atoms with van der Waals surface area (Å²) in [5, 5.41) is 0. The highest BCUT2D eigenvalue weighted by Crippen LogP contribution is 2.10. The second kappa shape index (κ2) is 4.14. The van der Waals surface area contributed by atoms with E-state index in [1.54, 1.807) is 25.3 Å². The Morgan fingerprint density at radius 1 is 1.56 bits per heavy atom. The summed E-state index contributed by atoms with van der Waals surface area (Å²) in [6, 6.07) is 4.63. The predicted molar refractivity (Wildman–Crippen MR) is 56.2 cm³/mol. The van der Waals surface area contributed by atoms with Crippen LogP contribution < -0.4 is 5.63 Å². The zero-order chi connectivity index (χ0) is 11.5. The van der Waals surface area contributed by atoms with Crippen molar-refractivity contribution in [2.24, 2.45) is 0 Å². The first-order chi connectivity index (χ1) is 7.72. The normalized spacial score (nSPS) is 10.3. The molecule has 0 aliphatic carbocycles. The molecule has 0 aliphatic rings. The summed E-state index contributed by atoms with van der Waals surface area (Å²) < 4.78 is 9.67. The van der Waals surface area contributed by atoms with Crippen molar-refractivity contribution < 1.29 is 13.9 Å². The zero-order valence-corrected chi connectivity index (χ0v) is 8.60. The molecule has 2 aromatic heterocycles. The molecular formula is C11H9NO4. The number of aromatic nitrogens is 1. The molecule has 0 amide bonds. The van der Waals surface area contributed by atoms with Gasteiger partial charge in [0.25, 0.3) is 0 Å². The first kappa shape index (κ1) is 10.4. The molecule has 5 nitrogen and oxygen atoms in total. The van der Waals surface area contributed by atoms with Crippen LogP contribution in [0.3, 0.4) is 0 Å².